The fourth-order valence-corrected chi connectivity index (χ4v) is 10.7. The minimum atomic E-state index is -0.909. The molecule has 2 bridgehead atoms. The number of aryl methyl sites for hydroxylation is 1. The van der Waals surface area contributed by atoms with Crippen molar-refractivity contribution in [2.45, 2.75) is 62.1 Å². The van der Waals surface area contributed by atoms with Crippen LogP contribution in [0.2, 0.25) is 5.02 Å². The number of fused-ring (bicyclic) bond motifs is 1. The Hall–Kier alpha value is -3.07. The lowest BCUT2D eigenvalue weighted by molar-refractivity contribution is -0.145. The number of amides is 3. The van der Waals surface area contributed by atoms with Crippen molar-refractivity contribution in [3.8, 4) is 0 Å². The van der Waals surface area contributed by atoms with Gasteiger partial charge in [-0.15, -0.1) is 24.9 Å². The standard InChI is InChI=1S/C36H44ClN3O4S/c1-6-17-38(18-7-2)33(42)29-28-20-24(5)36(45-28)30(29)34(43)40(26(22-41)21-25-14-10-9-11-15-25)32(36)35(44)39(19-8-3)31-23(4)13-12-16-27(31)37/h6,8-16,24,26,28-30,32,41H,1,3,7,17-22H2,2,4-5H3/t24?,26-,28-,29+,30+,32?,36?/m1/s1. The number of anilines is 1. The van der Waals surface area contributed by atoms with Crippen LogP contribution >= 0.6 is 23.4 Å². The molecular formula is C36H44ClN3O4S. The largest absolute Gasteiger partial charge is 0.394 e. The van der Waals surface area contributed by atoms with E-state index in [9.17, 15) is 14.7 Å². The molecule has 240 valence electrons. The summed E-state index contributed by atoms with van der Waals surface area (Å²) in [4.78, 5) is 49.5. The second kappa shape index (κ2) is 13.7. The SMILES string of the molecule is C=CCN(CCC)C(=O)[C@@H]1[C@H]2C(=O)N([C@@H](CO)Cc3ccccc3)C(C(=O)N(CC=C)c3c(C)cccc3Cl)C23S[C@@H]1CC3C. The number of para-hydroxylation sites is 1. The van der Waals surface area contributed by atoms with Crippen LogP contribution in [0.15, 0.2) is 73.8 Å². The summed E-state index contributed by atoms with van der Waals surface area (Å²) >= 11 is 8.38. The monoisotopic (exact) mass is 649 g/mol. The Kier molecular flexibility index (Phi) is 10.2. The molecule has 45 heavy (non-hydrogen) atoms. The lowest BCUT2D eigenvalue weighted by Gasteiger charge is -2.42. The first-order valence-electron chi connectivity index (χ1n) is 15.9. The highest BCUT2D eigenvalue weighted by atomic mass is 35.5. The number of carbonyl (C=O) groups excluding carboxylic acids is 3. The van der Waals surface area contributed by atoms with Gasteiger partial charge in [-0.05, 0) is 49.3 Å². The Morgan fingerprint density at radius 3 is 2.47 bits per heavy atom. The number of halogens is 1. The fourth-order valence-electron chi connectivity index (χ4n) is 8.01. The van der Waals surface area contributed by atoms with Crippen LogP contribution in [0.3, 0.4) is 0 Å². The zero-order chi connectivity index (χ0) is 32.5. The molecule has 2 aromatic carbocycles. The first kappa shape index (κ1) is 33.3. The van der Waals surface area contributed by atoms with Gasteiger partial charge in [-0.1, -0.05) is 80.1 Å². The Balaban J connectivity index is 1.66. The molecule has 3 fully saturated rings. The molecule has 9 heteroatoms. The van der Waals surface area contributed by atoms with Crippen LogP contribution in [-0.2, 0) is 20.8 Å². The number of nitrogens with zero attached hydrogens (tertiary/aromatic N) is 3. The Morgan fingerprint density at radius 1 is 1.13 bits per heavy atom. The van der Waals surface area contributed by atoms with Crippen LogP contribution in [0, 0.1) is 24.7 Å². The molecular weight excluding hydrogens is 606 g/mol. The maximum absolute atomic E-state index is 15.2. The van der Waals surface area contributed by atoms with Crippen LogP contribution in [0.5, 0.6) is 0 Å². The van der Waals surface area contributed by atoms with Crippen molar-refractivity contribution in [1.82, 2.24) is 9.80 Å². The van der Waals surface area contributed by atoms with Crippen LogP contribution in [0.25, 0.3) is 0 Å². The van der Waals surface area contributed by atoms with Crippen LogP contribution < -0.4 is 4.90 Å². The summed E-state index contributed by atoms with van der Waals surface area (Å²) in [5, 5.41) is 11.2. The summed E-state index contributed by atoms with van der Waals surface area (Å²) in [6.07, 6.45) is 5.28. The van der Waals surface area contributed by atoms with E-state index in [-0.39, 0.29) is 42.0 Å². The Bertz CT molecular complexity index is 1430. The second-order valence-corrected chi connectivity index (χ2v) is 14.5. The van der Waals surface area contributed by atoms with E-state index < -0.39 is 28.7 Å². The number of aliphatic hydroxyl groups is 1. The number of thioether (sulfide) groups is 1. The van der Waals surface area contributed by atoms with Crippen molar-refractivity contribution >= 4 is 46.8 Å². The number of rotatable bonds is 13. The molecule has 5 rings (SSSR count). The van der Waals surface area contributed by atoms with Gasteiger partial charge in [-0.3, -0.25) is 14.4 Å². The van der Waals surface area contributed by atoms with E-state index in [0.29, 0.717) is 30.2 Å². The number of hydrogen-bond acceptors (Lipinski definition) is 5. The molecule has 3 unspecified atom stereocenters. The predicted molar refractivity (Wildman–Crippen MR) is 182 cm³/mol. The molecule has 0 saturated carbocycles. The molecule has 0 aliphatic carbocycles. The van der Waals surface area contributed by atoms with Gasteiger partial charge in [0.1, 0.15) is 6.04 Å². The van der Waals surface area contributed by atoms with Crippen molar-refractivity contribution in [3.63, 3.8) is 0 Å². The van der Waals surface area contributed by atoms with Gasteiger partial charge < -0.3 is 19.8 Å². The average molecular weight is 650 g/mol. The van der Waals surface area contributed by atoms with E-state index in [0.717, 1.165) is 24.0 Å². The summed E-state index contributed by atoms with van der Waals surface area (Å²) in [5.74, 6) is -1.81. The lowest BCUT2D eigenvalue weighted by atomic mass is 9.65. The Morgan fingerprint density at radius 2 is 1.84 bits per heavy atom. The maximum Gasteiger partial charge on any atom is 0.251 e. The Labute approximate surface area is 276 Å². The second-order valence-electron chi connectivity index (χ2n) is 12.5. The molecule has 3 amide bonds. The number of carbonyl (C=O) groups is 3. The molecule has 7 nitrogen and oxygen atoms in total. The third-order valence-corrected chi connectivity index (χ3v) is 12.2. The quantitative estimate of drug-likeness (QED) is 0.289. The highest BCUT2D eigenvalue weighted by Crippen LogP contribution is 2.69. The molecule has 3 heterocycles. The van der Waals surface area contributed by atoms with Crippen LogP contribution in [0.1, 0.15) is 37.8 Å². The molecule has 3 aliphatic heterocycles. The van der Waals surface area contributed by atoms with Crippen molar-refractivity contribution in [2.75, 3.05) is 31.1 Å². The third-order valence-electron chi connectivity index (χ3n) is 9.81. The molecule has 0 aromatic heterocycles. The highest BCUT2D eigenvalue weighted by molar-refractivity contribution is 8.02. The summed E-state index contributed by atoms with van der Waals surface area (Å²) in [5.41, 5.74) is 2.36. The van der Waals surface area contributed by atoms with Gasteiger partial charge in [0.25, 0.3) is 5.91 Å². The highest BCUT2D eigenvalue weighted by Gasteiger charge is 2.77. The smallest absolute Gasteiger partial charge is 0.251 e. The van der Waals surface area contributed by atoms with E-state index in [1.54, 1.807) is 44.7 Å². The summed E-state index contributed by atoms with van der Waals surface area (Å²) < 4.78 is -0.843. The van der Waals surface area contributed by atoms with E-state index >= 15 is 4.79 Å². The number of aliphatic hydroxyl groups excluding tert-OH is 1. The predicted octanol–water partition coefficient (Wildman–Crippen LogP) is 5.53. The van der Waals surface area contributed by atoms with Gasteiger partial charge in [0.15, 0.2) is 0 Å². The van der Waals surface area contributed by atoms with Crippen molar-refractivity contribution in [2.24, 2.45) is 17.8 Å². The first-order valence-corrected chi connectivity index (χ1v) is 17.1. The molecule has 3 saturated heterocycles. The normalized spacial score (nSPS) is 27.3. The van der Waals surface area contributed by atoms with Gasteiger partial charge in [0.2, 0.25) is 11.8 Å². The van der Waals surface area contributed by atoms with E-state index in [1.165, 1.54) is 0 Å². The summed E-state index contributed by atoms with van der Waals surface area (Å²) in [7, 11) is 0. The summed E-state index contributed by atoms with van der Waals surface area (Å²) in [6.45, 7) is 14.7. The van der Waals surface area contributed by atoms with Crippen LogP contribution in [0.4, 0.5) is 5.69 Å². The van der Waals surface area contributed by atoms with Gasteiger partial charge >= 0.3 is 0 Å². The van der Waals surface area contributed by atoms with Gasteiger partial charge in [-0.2, -0.15) is 0 Å². The zero-order valence-electron chi connectivity index (χ0n) is 26.4. The van der Waals surface area contributed by atoms with E-state index in [2.05, 4.69) is 20.1 Å². The third kappa shape index (κ3) is 5.63. The number of likely N-dealkylation sites (tertiary alicyclic amines) is 1. The molecule has 1 N–H and O–H groups in total. The van der Waals surface area contributed by atoms with E-state index in [1.807, 2.05) is 56.3 Å². The van der Waals surface area contributed by atoms with Gasteiger partial charge in [-0.25, -0.2) is 0 Å². The van der Waals surface area contributed by atoms with Crippen molar-refractivity contribution < 1.29 is 19.5 Å². The fraction of sp³-hybridized carbons (Fsp3) is 0.472. The maximum atomic E-state index is 15.2. The first-order chi connectivity index (χ1) is 21.7. The van der Waals surface area contributed by atoms with Gasteiger partial charge in [0.05, 0.1) is 39.9 Å². The molecule has 0 radical (unpaired) electrons. The lowest BCUT2D eigenvalue weighted by Crippen LogP contribution is -2.60. The molecule has 2 aromatic rings. The molecule has 3 aliphatic rings. The number of hydrogen-bond donors (Lipinski definition) is 1. The number of benzene rings is 2. The minimum absolute atomic E-state index is 0.0162. The zero-order valence-corrected chi connectivity index (χ0v) is 28.0. The molecule has 1 spiro atoms. The van der Waals surface area contributed by atoms with E-state index in [4.69, 9.17) is 11.6 Å². The average Bonchev–Trinajstić information content (AvgIpc) is 3.62. The van der Waals surface area contributed by atoms with Gasteiger partial charge in [0, 0.05) is 24.9 Å². The minimum Gasteiger partial charge on any atom is -0.394 e. The topological polar surface area (TPSA) is 81.2 Å². The van der Waals surface area contributed by atoms with Crippen LogP contribution in [-0.4, -0.2) is 80.9 Å². The molecule has 7 atom stereocenters. The van der Waals surface area contributed by atoms with Crippen molar-refractivity contribution in [1.29, 1.82) is 0 Å². The summed E-state index contributed by atoms with van der Waals surface area (Å²) in [6, 6.07) is 13.6. The van der Waals surface area contributed by atoms with Crippen molar-refractivity contribution in [3.05, 3.63) is 90.0 Å².